The second-order valence-corrected chi connectivity index (χ2v) is 17.9. The van der Waals surface area contributed by atoms with Crippen LogP contribution in [0.15, 0.2) is 109 Å². The predicted octanol–water partition coefficient (Wildman–Crippen LogP) is 14.9. The average Bonchev–Trinajstić information content (AvgIpc) is 3.77. The third-order valence-electron chi connectivity index (χ3n) is 12.3. The molecule has 12 heteroatoms. The molecular formula is C49H26F6O4S2. The normalized spacial score (nSPS) is 16.1. The molecule has 8 aromatic carbocycles. The van der Waals surface area contributed by atoms with Crippen LogP contribution in [0.1, 0.15) is 41.6 Å². The Morgan fingerprint density at radius 3 is 1.21 bits per heavy atom. The standard InChI is InChI=1S/C49H26F6O4S2/c1-21-35(31-17-13-25-19-33(45(56)57)39-27-9-5-3-7-23(27)11-15-29(39)37(25)43(31)60-21)41-42(48(52,53)49(54,55)47(41,50)51)36-22(2)61-44-32(36)18-14-26-20-34(46(58)59)40-28-10-6-4-8-24(28)12-16-30(40)38(26)44/h3-20H,1-2H3,(H,56,57)(H,58,59). The first-order valence-corrected chi connectivity index (χ1v) is 20.6. The van der Waals surface area contributed by atoms with Gasteiger partial charge in [-0.15, -0.1) is 22.7 Å². The van der Waals surface area contributed by atoms with Crippen LogP contribution < -0.4 is 0 Å². The number of allylic oxidation sites excluding steroid dienone is 2. The molecule has 1 aliphatic carbocycles. The van der Waals surface area contributed by atoms with Gasteiger partial charge in [0.25, 0.3) is 0 Å². The quantitative estimate of drug-likeness (QED) is 0.137. The summed E-state index contributed by atoms with van der Waals surface area (Å²) >= 11 is 1.99. The van der Waals surface area contributed by atoms with Crippen molar-refractivity contribution >= 4 is 131 Å². The van der Waals surface area contributed by atoms with E-state index in [1.165, 1.54) is 50.2 Å². The second kappa shape index (κ2) is 12.3. The van der Waals surface area contributed by atoms with E-state index in [-0.39, 0.29) is 31.7 Å². The summed E-state index contributed by atoms with van der Waals surface area (Å²) in [5.41, 5.74) is -3.79. The molecule has 2 aromatic heterocycles. The lowest BCUT2D eigenvalue weighted by molar-refractivity contribution is -0.254. The molecule has 11 rings (SSSR count). The highest BCUT2D eigenvalue weighted by molar-refractivity contribution is 7.21. The van der Waals surface area contributed by atoms with Crippen LogP contribution in [0.2, 0.25) is 0 Å². The topological polar surface area (TPSA) is 74.6 Å². The zero-order valence-corrected chi connectivity index (χ0v) is 33.3. The minimum atomic E-state index is -5.83. The Morgan fingerprint density at radius 1 is 0.459 bits per heavy atom. The van der Waals surface area contributed by atoms with E-state index in [2.05, 4.69) is 0 Å². The van der Waals surface area contributed by atoms with Gasteiger partial charge in [-0.2, -0.15) is 26.3 Å². The van der Waals surface area contributed by atoms with Gasteiger partial charge in [0.05, 0.1) is 11.1 Å². The van der Waals surface area contributed by atoms with Crippen molar-refractivity contribution in [1.82, 2.24) is 0 Å². The number of aryl methyl sites for hydroxylation is 2. The maximum atomic E-state index is 16.7. The molecular weight excluding hydrogens is 831 g/mol. The number of hydrogen-bond acceptors (Lipinski definition) is 4. The number of thiophene rings is 2. The van der Waals surface area contributed by atoms with Gasteiger partial charge >= 0.3 is 29.7 Å². The summed E-state index contributed by atoms with van der Waals surface area (Å²) in [6.45, 7) is 2.87. The van der Waals surface area contributed by atoms with Crippen molar-refractivity contribution in [3.63, 3.8) is 0 Å². The summed E-state index contributed by atoms with van der Waals surface area (Å²) in [4.78, 5) is 25.5. The largest absolute Gasteiger partial charge is 0.478 e. The van der Waals surface area contributed by atoms with Crippen LogP contribution >= 0.6 is 22.7 Å². The number of carboxylic acid groups (broad SMARTS) is 2. The lowest BCUT2D eigenvalue weighted by Crippen LogP contribution is -2.48. The first-order chi connectivity index (χ1) is 29.0. The fourth-order valence-electron chi connectivity index (χ4n) is 9.73. The van der Waals surface area contributed by atoms with Gasteiger partial charge in [-0.25, -0.2) is 9.59 Å². The molecule has 300 valence electrons. The Labute approximate surface area is 348 Å². The lowest BCUT2D eigenvalue weighted by Gasteiger charge is -2.26. The van der Waals surface area contributed by atoms with Gasteiger partial charge < -0.3 is 10.2 Å². The first kappa shape index (κ1) is 37.5. The van der Waals surface area contributed by atoms with E-state index in [0.29, 0.717) is 63.3 Å². The number of hydrogen-bond donors (Lipinski definition) is 2. The van der Waals surface area contributed by atoms with E-state index in [1.807, 2.05) is 12.1 Å². The lowest BCUT2D eigenvalue weighted by atomic mass is 9.88. The minimum Gasteiger partial charge on any atom is -0.478 e. The van der Waals surface area contributed by atoms with E-state index < -0.39 is 52.0 Å². The van der Waals surface area contributed by atoms with Crippen molar-refractivity contribution in [3.8, 4) is 0 Å². The van der Waals surface area contributed by atoms with Crippen LogP contribution in [0, 0.1) is 13.8 Å². The maximum absolute atomic E-state index is 16.7. The number of halogens is 6. The molecule has 0 fully saturated rings. The third kappa shape index (κ3) is 4.71. The Balaban J connectivity index is 1.26. The number of carbonyl (C=O) groups is 2. The monoisotopic (exact) mass is 856 g/mol. The predicted molar refractivity (Wildman–Crippen MR) is 234 cm³/mol. The molecule has 0 radical (unpaired) electrons. The van der Waals surface area contributed by atoms with Crippen molar-refractivity contribution in [1.29, 1.82) is 0 Å². The van der Waals surface area contributed by atoms with E-state index in [4.69, 9.17) is 0 Å². The number of fused-ring (bicyclic) bond motifs is 14. The Bertz CT molecular complexity index is 3490. The van der Waals surface area contributed by atoms with Gasteiger partial charge in [0, 0.05) is 73.7 Å². The third-order valence-corrected chi connectivity index (χ3v) is 14.6. The molecule has 0 amide bonds. The smallest absolute Gasteiger partial charge is 0.380 e. The van der Waals surface area contributed by atoms with Gasteiger partial charge in [0.2, 0.25) is 0 Å². The van der Waals surface area contributed by atoms with Gasteiger partial charge in [0.1, 0.15) is 0 Å². The molecule has 1 aliphatic rings. The van der Waals surface area contributed by atoms with E-state index >= 15 is 26.3 Å². The van der Waals surface area contributed by atoms with E-state index in [1.54, 1.807) is 60.7 Å². The van der Waals surface area contributed by atoms with Crippen LogP contribution in [0.5, 0.6) is 0 Å². The molecule has 61 heavy (non-hydrogen) atoms. The molecule has 0 spiro atoms. The average molecular weight is 857 g/mol. The zero-order valence-electron chi connectivity index (χ0n) is 31.7. The molecule has 0 saturated heterocycles. The molecule has 0 atom stereocenters. The summed E-state index contributed by atoms with van der Waals surface area (Å²) in [7, 11) is 0. The molecule has 0 aliphatic heterocycles. The SMILES string of the molecule is Cc1sc2c(ccc3cc(C(=O)O)c4c5ccccc5ccc4c32)c1C1=C(c2c(C)sc3c2ccc2cc(C(=O)O)c4c5ccccc5ccc4c23)C(F)(F)C(F)(F)C1(F)F. The summed E-state index contributed by atoms with van der Waals surface area (Å²) in [6, 6.07) is 30.2. The van der Waals surface area contributed by atoms with E-state index in [0.717, 1.165) is 33.4 Å². The van der Waals surface area contributed by atoms with Crippen LogP contribution in [0.25, 0.3) is 96.0 Å². The number of carboxylic acids is 2. The van der Waals surface area contributed by atoms with Crippen LogP contribution in [0.3, 0.4) is 0 Å². The summed E-state index contributed by atoms with van der Waals surface area (Å²) in [5.74, 6) is -18.9. The van der Waals surface area contributed by atoms with Crippen LogP contribution in [0.4, 0.5) is 26.3 Å². The summed E-state index contributed by atoms with van der Waals surface area (Å²) in [5, 5.41) is 27.1. The van der Waals surface area contributed by atoms with Crippen LogP contribution in [-0.2, 0) is 0 Å². The highest BCUT2D eigenvalue weighted by Crippen LogP contribution is 2.67. The van der Waals surface area contributed by atoms with Crippen molar-refractivity contribution in [2.75, 3.05) is 0 Å². The Kier molecular flexibility index (Phi) is 7.56. The highest BCUT2D eigenvalue weighted by Gasteiger charge is 2.80. The van der Waals surface area contributed by atoms with Crippen LogP contribution in [-0.4, -0.2) is 39.9 Å². The number of benzene rings is 8. The maximum Gasteiger partial charge on any atom is 0.380 e. The minimum absolute atomic E-state index is 0.00578. The van der Waals surface area contributed by atoms with Gasteiger partial charge in [-0.3, -0.25) is 0 Å². The molecule has 2 N–H and O–H groups in total. The zero-order chi connectivity index (χ0) is 42.7. The summed E-state index contributed by atoms with van der Waals surface area (Å²) < 4.78 is 99.8. The van der Waals surface area contributed by atoms with Crippen molar-refractivity contribution in [2.24, 2.45) is 0 Å². The van der Waals surface area contributed by atoms with Gasteiger partial charge in [0.15, 0.2) is 0 Å². The Morgan fingerprint density at radius 2 is 0.820 bits per heavy atom. The van der Waals surface area contributed by atoms with Crippen molar-refractivity contribution in [2.45, 2.75) is 31.6 Å². The fourth-order valence-corrected chi connectivity index (χ4v) is 12.2. The Hall–Kier alpha value is -6.50. The number of aromatic carboxylic acids is 2. The second-order valence-electron chi connectivity index (χ2n) is 15.5. The first-order valence-electron chi connectivity index (χ1n) is 19.0. The molecule has 4 nitrogen and oxygen atoms in total. The van der Waals surface area contributed by atoms with Crippen molar-refractivity contribution < 1.29 is 46.1 Å². The van der Waals surface area contributed by atoms with Gasteiger partial charge in [-0.05, 0) is 69.1 Å². The van der Waals surface area contributed by atoms with E-state index in [9.17, 15) is 19.8 Å². The molecule has 2 heterocycles. The number of rotatable bonds is 4. The molecule has 0 bridgehead atoms. The van der Waals surface area contributed by atoms with Gasteiger partial charge in [-0.1, -0.05) is 97.1 Å². The number of alkyl halides is 6. The molecule has 10 aromatic rings. The molecule has 0 saturated carbocycles. The highest BCUT2D eigenvalue weighted by atomic mass is 32.1. The van der Waals surface area contributed by atoms with Crippen molar-refractivity contribution in [3.05, 3.63) is 141 Å². The summed E-state index contributed by atoms with van der Waals surface area (Å²) in [6.07, 6.45) is 0. The fraction of sp³-hybridized carbons (Fsp3) is 0.102. The molecule has 0 unspecified atom stereocenters.